The zero-order chi connectivity index (χ0) is 18.4. The zero-order valence-corrected chi connectivity index (χ0v) is 19.5. The summed E-state index contributed by atoms with van der Waals surface area (Å²) in [4.78, 5) is 0. The number of rotatable bonds is 3. The van der Waals surface area contributed by atoms with E-state index in [0.717, 1.165) is 0 Å². The van der Waals surface area contributed by atoms with E-state index in [1.54, 1.807) is 10.4 Å². The van der Waals surface area contributed by atoms with Gasteiger partial charge in [-0.1, -0.05) is 120 Å². The molecule has 0 aromatic heterocycles. The Bertz CT molecular complexity index is 630. The number of unbranched alkanes of at least 4 members (excludes halogenated alkanes) is 1. The molecule has 1 aliphatic heterocycles. The molecule has 0 spiro atoms. The summed E-state index contributed by atoms with van der Waals surface area (Å²) in [7, 11) is -3.36. The lowest BCUT2D eigenvalue weighted by Gasteiger charge is -2.52. The molecule has 2 atom stereocenters. The summed E-state index contributed by atoms with van der Waals surface area (Å²) in [5, 5.41) is 6.03. The molecule has 0 nitrogen and oxygen atoms in total. The van der Waals surface area contributed by atoms with Crippen LogP contribution in [0.25, 0.3) is 0 Å². The summed E-state index contributed by atoms with van der Waals surface area (Å²) >= 11 is 0. The average Bonchev–Trinajstić information content (AvgIpc) is 2.47. The molecule has 0 saturated heterocycles. The van der Waals surface area contributed by atoms with Crippen molar-refractivity contribution in [3.8, 4) is 0 Å². The van der Waals surface area contributed by atoms with Crippen LogP contribution in [0.5, 0.6) is 0 Å². The first-order valence-corrected chi connectivity index (χ1v) is 14.8. The van der Waals surface area contributed by atoms with Gasteiger partial charge < -0.3 is 0 Å². The van der Waals surface area contributed by atoms with Crippen molar-refractivity contribution in [3.63, 3.8) is 0 Å². The van der Waals surface area contributed by atoms with Gasteiger partial charge >= 0.3 is 0 Å². The topological polar surface area (TPSA) is 0 Å². The predicted octanol–water partition coefficient (Wildman–Crippen LogP) is 6.07. The van der Waals surface area contributed by atoms with E-state index in [4.69, 9.17) is 0 Å². The van der Waals surface area contributed by atoms with Gasteiger partial charge in [-0.3, -0.25) is 0 Å². The molecule has 0 fully saturated rings. The molecule has 2 rings (SSSR count). The average molecular weight is 359 g/mol. The Labute approximate surface area is 152 Å². The van der Waals surface area contributed by atoms with E-state index in [0.29, 0.717) is 10.1 Å². The molecule has 0 bridgehead atoms. The Hall–Kier alpha value is -0.606. The van der Waals surface area contributed by atoms with Gasteiger partial charge in [-0.15, -0.1) is 0 Å². The third-order valence-electron chi connectivity index (χ3n) is 6.99. The highest BCUT2D eigenvalue weighted by Gasteiger charge is 2.53. The van der Waals surface area contributed by atoms with E-state index < -0.39 is 16.1 Å². The molecule has 1 aromatic rings. The molecule has 2 heteroatoms. The van der Waals surface area contributed by atoms with Crippen molar-refractivity contribution < 1.29 is 0 Å². The highest BCUT2D eigenvalue weighted by atomic mass is 28.3. The molecule has 0 N–H and O–H groups in total. The van der Waals surface area contributed by atoms with E-state index in [1.807, 2.05) is 5.20 Å². The molecule has 0 saturated carbocycles. The summed E-state index contributed by atoms with van der Waals surface area (Å²) in [5.41, 5.74) is 2.85. The van der Waals surface area contributed by atoms with Gasteiger partial charge in [0.2, 0.25) is 0 Å². The Balaban J connectivity index is 2.81. The largest absolute Gasteiger partial charge is 0.114 e. The fourth-order valence-electron chi connectivity index (χ4n) is 4.31. The first kappa shape index (κ1) is 19.7. The van der Waals surface area contributed by atoms with Crippen LogP contribution in [0.15, 0.2) is 35.2 Å². The summed E-state index contributed by atoms with van der Waals surface area (Å²) in [6, 6.07) is 9.52. The summed E-state index contributed by atoms with van der Waals surface area (Å²) in [5.74, 6) is 0. The Morgan fingerprint density at radius 1 is 0.833 bits per heavy atom. The van der Waals surface area contributed by atoms with Gasteiger partial charge in [0.1, 0.15) is 16.1 Å². The molecule has 134 valence electrons. The second-order valence-electron chi connectivity index (χ2n) is 10.1. The number of hydrogen-bond donors (Lipinski definition) is 0. The number of fused-ring (bicyclic) bond motifs is 1. The quantitative estimate of drug-likeness (QED) is 0.575. The van der Waals surface area contributed by atoms with Crippen LogP contribution in [0.4, 0.5) is 0 Å². The minimum absolute atomic E-state index is 0.355. The van der Waals surface area contributed by atoms with Gasteiger partial charge in [0.25, 0.3) is 0 Å². The van der Waals surface area contributed by atoms with Crippen LogP contribution < -0.4 is 10.4 Å². The third kappa shape index (κ3) is 2.90. The van der Waals surface area contributed by atoms with Crippen LogP contribution in [0.1, 0.15) is 67.7 Å². The maximum Gasteiger partial charge on any atom is 0.114 e. The molecule has 1 heterocycles. The minimum Gasteiger partial charge on any atom is -0.0940 e. The maximum atomic E-state index is 2.85. The summed E-state index contributed by atoms with van der Waals surface area (Å²) in [6.45, 7) is 22.4. The van der Waals surface area contributed by atoms with Gasteiger partial charge in [0.05, 0.1) is 0 Å². The predicted molar refractivity (Wildman–Crippen MR) is 116 cm³/mol. The fraction of sp³-hybridized carbons (Fsp3) is 0.636. The summed E-state index contributed by atoms with van der Waals surface area (Å²) in [6.07, 6.45) is 3.94. The maximum absolute atomic E-state index is 2.85. The molecule has 0 radical (unpaired) electrons. The van der Waals surface area contributed by atoms with Crippen molar-refractivity contribution in [2.45, 2.75) is 90.9 Å². The van der Waals surface area contributed by atoms with Gasteiger partial charge in [-0.25, -0.2) is 0 Å². The summed E-state index contributed by atoms with van der Waals surface area (Å²) < 4.78 is 0. The second-order valence-corrected chi connectivity index (χ2v) is 19.8. The first-order chi connectivity index (χ1) is 10.9. The monoisotopic (exact) mass is 358 g/mol. The normalized spacial score (nSPS) is 27.6. The van der Waals surface area contributed by atoms with Crippen molar-refractivity contribution >= 4 is 26.5 Å². The van der Waals surface area contributed by atoms with Crippen molar-refractivity contribution in [2.75, 3.05) is 0 Å². The van der Waals surface area contributed by atoms with Gasteiger partial charge in [0, 0.05) is 0 Å². The third-order valence-corrected chi connectivity index (χ3v) is 19.3. The lowest BCUT2D eigenvalue weighted by atomic mass is 10.2. The zero-order valence-electron chi connectivity index (χ0n) is 17.5. The van der Waals surface area contributed by atoms with Crippen LogP contribution in [0.2, 0.25) is 23.2 Å². The standard InChI is InChI=1S/C22H38Si2/c1-10-11-14-18-17-23(8,21(2,3)4)19-15-12-13-16-20(19)24(18,9)22(5,6)7/h12-13,15-17H,10-11,14H2,1-9H3/t23-,24+/m0/s1. The SMILES string of the molecule is CCCCC1=C[Si@](C)(C(C)(C)C)c2ccccc2[Si@]1(C)C(C)(C)C. The molecule has 1 aliphatic rings. The molecule has 0 aliphatic carbocycles. The molecule has 1 aromatic carbocycles. The molecule has 0 unspecified atom stereocenters. The second kappa shape index (κ2) is 6.28. The van der Waals surface area contributed by atoms with Crippen molar-refractivity contribution in [3.05, 3.63) is 35.2 Å². The Morgan fingerprint density at radius 3 is 1.83 bits per heavy atom. The highest BCUT2D eigenvalue weighted by molar-refractivity contribution is 7.10. The van der Waals surface area contributed by atoms with Crippen LogP contribution >= 0.6 is 0 Å². The fourth-order valence-corrected chi connectivity index (χ4v) is 15.0. The molecule has 24 heavy (non-hydrogen) atoms. The first-order valence-electron chi connectivity index (χ1n) is 9.72. The van der Waals surface area contributed by atoms with E-state index in [2.05, 4.69) is 91.5 Å². The van der Waals surface area contributed by atoms with E-state index >= 15 is 0 Å². The van der Waals surface area contributed by atoms with Crippen LogP contribution in [-0.4, -0.2) is 16.1 Å². The Kier molecular flexibility index (Phi) is 5.16. The Morgan fingerprint density at radius 2 is 1.38 bits per heavy atom. The lowest BCUT2D eigenvalue weighted by Crippen LogP contribution is -2.70. The number of allylic oxidation sites excluding steroid dienone is 1. The van der Waals surface area contributed by atoms with Crippen molar-refractivity contribution in [1.82, 2.24) is 0 Å². The van der Waals surface area contributed by atoms with Crippen molar-refractivity contribution in [1.29, 1.82) is 0 Å². The molecular weight excluding hydrogens is 320 g/mol. The van der Waals surface area contributed by atoms with Crippen molar-refractivity contribution in [2.24, 2.45) is 0 Å². The van der Waals surface area contributed by atoms with E-state index in [-0.39, 0.29) is 0 Å². The number of hydrogen-bond acceptors (Lipinski definition) is 0. The van der Waals surface area contributed by atoms with Crippen LogP contribution in [-0.2, 0) is 0 Å². The molecular formula is C22H38Si2. The van der Waals surface area contributed by atoms with Gasteiger partial charge in [-0.2, -0.15) is 0 Å². The van der Waals surface area contributed by atoms with Crippen LogP contribution in [0.3, 0.4) is 0 Å². The highest BCUT2D eigenvalue weighted by Crippen LogP contribution is 2.47. The van der Waals surface area contributed by atoms with Gasteiger partial charge in [0.15, 0.2) is 0 Å². The van der Waals surface area contributed by atoms with Crippen LogP contribution in [0, 0.1) is 0 Å². The van der Waals surface area contributed by atoms with E-state index in [1.165, 1.54) is 19.3 Å². The minimum atomic E-state index is -1.70. The van der Waals surface area contributed by atoms with Gasteiger partial charge in [-0.05, 0) is 16.5 Å². The van der Waals surface area contributed by atoms with E-state index in [9.17, 15) is 0 Å². The molecule has 0 amide bonds. The lowest BCUT2D eigenvalue weighted by molar-refractivity contribution is 0.713. The number of benzene rings is 1. The smallest absolute Gasteiger partial charge is 0.0940 e.